The Bertz CT molecular complexity index is 952. The summed E-state index contributed by atoms with van der Waals surface area (Å²) < 4.78 is 31.8. The summed E-state index contributed by atoms with van der Waals surface area (Å²) in [5, 5.41) is 4.43. The lowest BCUT2D eigenvalue weighted by molar-refractivity contribution is 0.376. The van der Waals surface area contributed by atoms with Crippen molar-refractivity contribution in [3.05, 3.63) is 70.6 Å². The van der Waals surface area contributed by atoms with E-state index in [-0.39, 0.29) is 18.2 Å². The Hall–Kier alpha value is -2.22. The number of nitrogens with one attached hydrogen (secondary N) is 1. The molecule has 0 bridgehead atoms. The molecule has 0 atom stereocenters. The second kappa shape index (κ2) is 7.35. The molecular formula is C17H16ClN3O3S. The molecule has 0 spiro atoms. The first-order valence-corrected chi connectivity index (χ1v) is 9.56. The molecule has 0 radical (unpaired) electrons. The summed E-state index contributed by atoms with van der Waals surface area (Å²) in [5.41, 5.74) is 2.58. The van der Waals surface area contributed by atoms with Crippen molar-refractivity contribution in [2.24, 2.45) is 0 Å². The van der Waals surface area contributed by atoms with E-state index >= 15 is 0 Å². The van der Waals surface area contributed by atoms with Crippen LogP contribution in [-0.4, -0.2) is 18.6 Å². The van der Waals surface area contributed by atoms with Crippen LogP contribution in [0.25, 0.3) is 11.4 Å². The van der Waals surface area contributed by atoms with E-state index in [0.717, 1.165) is 11.1 Å². The molecular weight excluding hydrogens is 362 g/mol. The molecule has 25 heavy (non-hydrogen) atoms. The van der Waals surface area contributed by atoms with Crippen molar-refractivity contribution in [1.82, 2.24) is 14.9 Å². The molecule has 0 aliphatic carbocycles. The minimum atomic E-state index is -3.53. The zero-order chi connectivity index (χ0) is 17.9. The number of hydrogen-bond donors (Lipinski definition) is 1. The average Bonchev–Trinajstić information content (AvgIpc) is 3.05. The fourth-order valence-corrected chi connectivity index (χ4v) is 3.37. The van der Waals surface area contributed by atoms with Crippen molar-refractivity contribution < 1.29 is 12.9 Å². The highest BCUT2D eigenvalue weighted by Crippen LogP contribution is 2.16. The van der Waals surface area contributed by atoms with Crippen LogP contribution in [0.1, 0.15) is 17.0 Å². The van der Waals surface area contributed by atoms with Crippen LogP contribution in [0.5, 0.6) is 0 Å². The summed E-state index contributed by atoms with van der Waals surface area (Å²) in [5.74, 6) is 0.477. The zero-order valence-electron chi connectivity index (χ0n) is 13.4. The Morgan fingerprint density at radius 3 is 2.44 bits per heavy atom. The van der Waals surface area contributed by atoms with Gasteiger partial charge in [-0.25, -0.2) is 13.1 Å². The Morgan fingerprint density at radius 1 is 1.08 bits per heavy atom. The largest absolute Gasteiger partial charge is 0.338 e. The number of nitrogens with zero attached hydrogens (tertiary/aromatic N) is 2. The summed E-state index contributed by atoms with van der Waals surface area (Å²) in [4.78, 5) is 4.21. The van der Waals surface area contributed by atoms with Gasteiger partial charge in [-0.2, -0.15) is 4.98 Å². The molecule has 3 rings (SSSR count). The lowest BCUT2D eigenvalue weighted by atomic mass is 10.1. The number of sulfonamides is 1. The predicted molar refractivity (Wildman–Crippen MR) is 95.4 cm³/mol. The van der Waals surface area contributed by atoms with Crippen molar-refractivity contribution in [2.75, 3.05) is 0 Å². The molecule has 0 fully saturated rings. The van der Waals surface area contributed by atoms with E-state index in [2.05, 4.69) is 14.9 Å². The maximum Gasteiger partial charge on any atom is 0.242 e. The average molecular weight is 378 g/mol. The van der Waals surface area contributed by atoms with Crippen LogP contribution >= 0.6 is 11.6 Å². The zero-order valence-corrected chi connectivity index (χ0v) is 15.0. The number of rotatable bonds is 6. The van der Waals surface area contributed by atoms with Gasteiger partial charge in [0.25, 0.3) is 0 Å². The summed E-state index contributed by atoms with van der Waals surface area (Å²) >= 11 is 5.79. The van der Waals surface area contributed by atoms with Gasteiger partial charge in [0.2, 0.25) is 21.7 Å². The number of halogens is 1. The first-order chi connectivity index (χ1) is 11.9. The molecule has 6 nitrogen and oxygen atoms in total. The topological polar surface area (TPSA) is 85.1 Å². The third-order valence-corrected chi connectivity index (χ3v) is 5.04. The molecule has 0 amide bonds. The molecule has 1 N–H and O–H groups in total. The molecule has 1 heterocycles. The SMILES string of the molecule is Cc1ccc(-c2noc(CNS(=O)(=O)Cc3ccc(Cl)cc3)n2)cc1. The summed E-state index contributed by atoms with van der Waals surface area (Å²) in [6.07, 6.45) is 0. The quantitative estimate of drug-likeness (QED) is 0.712. The summed E-state index contributed by atoms with van der Waals surface area (Å²) in [6, 6.07) is 14.3. The van der Waals surface area contributed by atoms with Gasteiger partial charge in [-0.05, 0) is 24.6 Å². The van der Waals surface area contributed by atoms with Gasteiger partial charge in [-0.15, -0.1) is 0 Å². The van der Waals surface area contributed by atoms with Gasteiger partial charge in [0.15, 0.2) is 0 Å². The van der Waals surface area contributed by atoms with Crippen LogP contribution < -0.4 is 4.72 Å². The Kier molecular flexibility index (Phi) is 5.17. The van der Waals surface area contributed by atoms with Crippen LogP contribution in [0.15, 0.2) is 53.1 Å². The molecule has 0 unspecified atom stereocenters. The fraction of sp³-hybridized carbons (Fsp3) is 0.176. The number of aromatic nitrogens is 2. The highest BCUT2D eigenvalue weighted by Gasteiger charge is 2.14. The van der Waals surface area contributed by atoms with Crippen molar-refractivity contribution in [3.63, 3.8) is 0 Å². The van der Waals surface area contributed by atoms with E-state index in [9.17, 15) is 8.42 Å². The predicted octanol–water partition coefficient (Wildman–Crippen LogP) is 3.32. The maximum absolute atomic E-state index is 12.1. The van der Waals surface area contributed by atoms with E-state index in [1.54, 1.807) is 24.3 Å². The van der Waals surface area contributed by atoms with Crippen molar-refractivity contribution in [3.8, 4) is 11.4 Å². The molecule has 0 aliphatic rings. The molecule has 0 aliphatic heterocycles. The molecule has 0 saturated carbocycles. The van der Waals surface area contributed by atoms with E-state index in [1.807, 2.05) is 31.2 Å². The van der Waals surface area contributed by atoms with E-state index in [1.165, 1.54) is 0 Å². The van der Waals surface area contributed by atoms with Crippen molar-refractivity contribution in [1.29, 1.82) is 0 Å². The molecule has 8 heteroatoms. The first kappa shape index (κ1) is 17.6. The molecule has 1 aromatic heterocycles. The normalized spacial score (nSPS) is 11.6. The van der Waals surface area contributed by atoms with Gasteiger partial charge < -0.3 is 4.52 Å². The fourth-order valence-electron chi connectivity index (χ4n) is 2.17. The van der Waals surface area contributed by atoms with Crippen LogP contribution in [0, 0.1) is 6.92 Å². The smallest absolute Gasteiger partial charge is 0.242 e. The highest BCUT2D eigenvalue weighted by atomic mass is 35.5. The minimum absolute atomic E-state index is 0.0607. The van der Waals surface area contributed by atoms with Crippen LogP contribution in [0.2, 0.25) is 5.02 Å². The van der Waals surface area contributed by atoms with Gasteiger partial charge in [0.1, 0.15) is 0 Å². The monoisotopic (exact) mass is 377 g/mol. The Morgan fingerprint density at radius 2 is 1.76 bits per heavy atom. The van der Waals surface area contributed by atoms with Crippen LogP contribution in [0.3, 0.4) is 0 Å². The van der Waals surface area contributed by atoms with E-state index < -0.39 is 10.0 Å². The van der Waals surface area contributed by atoms with Gasteiger partial charge in [0, 0.05) is 10.6 Å². The standard InChI is InChI=1S/C17H16ClN3O3S/c1-12-2-6-14(7-3-12)17-20-16(24-21-17)10-19-25(22,23)11-13-4-8-15(18)9-5-13/h2-9,19H,10-11H2,1H3. The minimum Gasteiger partial charge on any atom is -0.338 e. The van der Waals surface area contributed by atoms with Gasteiger partial charge in [-0.3, -0.25) is 0 Å². The number of aryl methyl sites for hydroxylation is 1. The lowest BCUT2D eigenvalue weighted by Crippen LogP contribution is -2.24. The van der Waals surface area contributed by atoms with E-state index in [0.29, 0.717) is 16.4 Å². The number of hydrogen-bond acceptors (Lipinski definition) is 5. The first-order valence-electron chi connectivity index (χ1n) is 7.53. The molecule has 2 aromatic carbocycles. The molecule has 0 saturated heterocycles. The molecule has 130 valence electrons. The van der Waals surface area contributed by atoms with Crippen LogP contribution in [0.4, 0.5) is 0 Å². The Labute approximate surface area is 150 Å². The second-order valence-electron chi connectivity index (χ2n) is 5.58. The maximum atomic E-state index is 12.1. The van der Waals surface area contributed by atoms with Gasteiger partial charge >= 0.3 is 0 Å². The highest BCUT2D eigenvalue weighted by molar-refractivity contribution is 7.88. The van der Waals surface area contributed by atoms with Crippen LogP contribution in [-0.2, 0) is 22.3 Å². The lowest BCUT2D eigenvalue weighted by Gasteiger charge is -2.04. The summed E-state index contributed by atoms with van der Waals surface area (Å²) in [7, 11) is -3.53. The van der Waals surface area contributed by atoms with Crippen molar-refractivity contribution >= 4 is 21.6 Å². The third-order valence-electron chi connectivity index (χ3n) is 3.49. The number of benzene rings is 2. The second-order valence-corrected chi connectivity index (χ2v) is 7.83. The Balaban J connectivity index is 1.63. The van der Waals surface area contributed by atoms with Crippen molar-refractivity contribution in [2.45, 2.75) is 19.2 Å². The van der Waals surface area contributed by atoms with Gasteiger partial charge in [-0.1, -0.05) is 58.7 Å². The third kappa shape index (κ3) is 4.88. The van der Waals surface area contributed by atoms with Gasteiger partial charge in [0.05, 0.1) is 12.3 Å². The molecule has 3 aromatic rings. The van der Waals surface area contributed by atoms with E-state index in [4.69, 9.17) is 16.1 Å². The summed E-state index contributed by atoms with van der Waals surface area (Å²) in [6.45, 7) is 1.93.